The second kappa shape index (κ2) is 5.45. The fourth-order valence-electron chi connectivity index (χ4n) is 2.28. The lowest BCUT2D eigenvalue weighted by Gasteiger charge is -2.36. The molecule has 0 aliphatic heterocycles. The first-order chi connectivity index (χ1) is 8.90. The average molecular weight is 311 g/mol. The standard InChI is InChI=1S/C14H18ClF3O2/c1-12(2,8-13(3,19)14(16,17)18)10-6-5-9(15)7-11(10)20-4/h5-7,19H,8H2,1-4H3. The van der Waals surface area contributed by atoms with E-state index in [9.17, 15) is 18.3 Å². The van der Waals surface area contributed by atoms with Crippen molar-refractivity contribution >= 4 is 11.6 Å². The third-order valence-corrected chi connectivity index (χ3v) is 3.52. The smallest absolute Gasteiger partial charge is 0.416 e. The highest BCUT2D eigenvalue weighted by Gasteiger charge is 2.52. The van der Waals surface area contributed by atoms with Crippen LogP contribution in [0.2, 0.25) is 5.02 Å². The van der Waals surface area contributed by atoms with Crippen LogP contribution in [0.3, 0.4) is 0 Å². The lowest BCUT2D eigenvalue weighted by atomic mass is 9.75. The molecule has 0 radical (unpaired) electrons. The Morgan fingerprint density at radius 2 is 1.75 bits per heavy atom. The summed E-state index contributed by atoms with van der Waals surface area (Å²) in [7, 11) is 1.42. The minimum Gasteiger partial charge on any atom is -0.496 e. The SMILES string of the molecule is COc1cc(Cl)ccc1C(C)(C)CC(C)(O)C(F)(F)F. The van der Waals surface area contributed by atoms with Gasteiger partial charge in [-0.1, -0.05) is 31.5 Å². The Morgan fingerprint density at radius 1 is 1.20 bits per heavy atom. The van der Waals surface area contributed by atoms with E-state index < -0.39 is 23.6 Å². The molecular formula is C14H18ClF3O2. The van der Waals surface area contributed by atoms with E-state index in [1.807, 2.05) is 0 Å². The molecule has 20 heavy (non-hydrogen) atoms. The van der Waals surface area contributed by atoms with Gasteiger partial charge >= 0.3 is 6.18 Å². The fourth-order valence-corrected chi connectivity index (χ4v) is 2.44. The van der Waals surface area contributed by atoms with Crippen LogP contribution in [0.5, 0.6) is 5.75 Å². The first-order valence-electron chi connectivity index (χ1n) is 6.04. The molecule has 1 atom stereocenters. The molecule has 0 bridgehead atoms. The van der Waals surface area contributed by atoms with Crippen molar-refractivity contribution in [2.75, 3.05) is 7.11 Å². The molecule has 1 aromatic rings. The first-order valence-corrected chi connectivity index (χ1v) is 6.42. The molecule has 0 fully saturated rings. The van der Waals surface area contributed by atoms with Crippen molar-refractivity contribution in [1.82, 2.24) is 0 Å². The molecule has 0 spiro atoms. The molecular weight excluding hydrogens is 293 g/mol. The molecule has 0 aromatic heterocycles. The summed E-state index contributed by atoms with van der Waals surface area (Å²) < 4.78 is 43.6. The maximum absolute atomic E-state index is 12.8. The predicted molar refractivity (Wildman–Crippen MR) is 72.3 cm³/mol. The minimum atomic E-state index is -4.69. The van der Waals surface area contributed by atoms with Gasteiger partial charge in [-0.3, -0.25) is 0 Å². The van der Waals surface area contributed by atoms with Gasteiger partial charge in [-0.25, -0.2) is 0 Å². The molecule has 0 amide bonds. The monoisotopic (exact) mass is 310 g/mol. The number of alkyl halides is 3. The maximum atomic E-state index is 12.8. The van der Waals surface area contributed by atoms with Crippen LogP contribution in [0.4, 0.5) is 13.2 Å². The summed E-state index contributed by atoms with van der Waals surface area (Å²) in [4.78, 5) is 0. The van der Waals surface area contributed by atoms with E-state index in [1.54, 1.807) is 32.0 Å². The first kappa shape index (κ1) is 17.1. The molecule has 0 aliphatic rings. The van der Waals surface area contributed by atoms with Crippen molar-refractivity contribution in [3.05, 3.63) is 28.8 Å². The quantitative estimate of drug-likeness (QED) is 0.897. The van der Waals surface area contributed by atoms with E-state index in [1.165, 1.54) is 7.11 Å². The lowest BCUT2D eigenvalue weighted by molar-refractivity contribution is -0.259. The molecule has 1 N–H and O–H groups in total. The van der Waals surface area contributed by atoms with Crippen molar-refractivity contribution in [3.8, 4) is 5.75 Å². The van der Waals surface area contributed by atoms with Crippen LogP contribution >= 0.6 is 11.6 Å². The number of methoxy groups -OCH3 is 1. The zero-order valence-corrected chi connectivity index (χ0v) is 12.6. The highest BCUT2D eigenvalue weighted by atomic mass is 35.5. The Bertz CT molecular complexity index is 482. The van der Waals surface area contributed by atoms with E-state index in [0.29, 0.717) is 16.3 Å². The molecule has 1 aromatic carbocycles. The van der Waals surface area contributed by atoms with Gasteiger partial charge in [-0.15, -0.1) is 0 Å². The third kappa shape index (κ3) is 3.58. The molecule has 0 aliphatic carbocycles. The molecule has 6 heteroatoms. The Kier molecular flexibility index (Phi) is 4.66. The second-order valence-electron chi connectivity index (χ2n) is 5.68. The fraction of sp³-hybridized carbons (Fsp3) is 0.571. The minimum absolute atomic E-state index is 0.403. The molecule has 1 unspecified atom stereocenters. The Labute approximate surface area is 121 Å². The van der Waals surface area contributed by atoms with Crippen LogP contribution in [0.25, 0.3) is 0 Å². The van der Waals surface area contributed by atoms with Crippen LogP contribution in [-0.4, -0.2) is 24.0 Å². The van der Waals surface area contributed by atoms with Crippen molar-refractivity contribution in [3.63, 3.8) is 0 Å². The topological polar surface area (TPSA) is 29.5 Å². The number of ether oxygens (including phenoxy) is 1. The highest BCUT2D eigenvalue weighted by molar-refractivity contribution is 6.30. The normalized spacial score (nSPS) is 15.8. The van der Waals surface area contributed by atoms with Gasteiger partial charge in [0, 0.05) is 5.02 Å². The van der Waals surface area contributed by atoms with Crippen molar-refractivity contribution in [1.29, 1.82) is 0 Å². The largest absolute Gasteiger partial charge is 0.496 e. The Morgan fingerprint density at radius 3 is 2.20 bits per heavy atom. The summed E-state index contributed by atoms with van der Waals surface area (Å²) in [5.74, 6) is 0.403. The van der Waals surface area contributed by atoms with Crippen LogP contribution < -0.4 is 4.74 Å². The predicted octanol–water partition coefficient (Wildman–Crippen LogP) is 4.33. The number of aliphatic hydroxyl groups is 1. The molecule has 114 valence electrons. The Hall–Kier alpha value is -0.940. The van der Waals surface area contributed by atoms with Gasteiger partial charge < -0.3 is 9.84 Å². The number of hydrogen-bond acceptors (Lipinski definition) is 2. The van der Waals surface area contributed by atoms with Crippen LogP contribution in [0.1, 0.15) is 32.8 Å². The molecule has 1 rings (SSSR count). The van der Waals surface area contributed by atoms with E-state index in [-0.39, 0.29) is 0 Å². The number of benzene rings is 1. The number of rotatable bonds is 4. The van der Waals surface area contributed by atoms with E-state index in [4.69, 9.17) is 16.3 Å². The summed E-state index contributed by atoms with van der Waals surface area (Å²) in [6.45, 7) is 4.02. The van der Waals surface area contributed by atoms with Crippen LogP contribution in [0, 0.1) is 0 Å². The lowest BCUT2D eigenvalue weighted by Crippen LogP contribution is -2.46. The summed E-state index contributed by atoms with van der Waals surface area (Å²) in [6.07, 6.45) is -5.18. The maximum Gasteiger partial charge on any atom is 0.416 e. The highest BCUT2D eigenvalue weighted by Crippen LogP contribution is 2.43. The van der Waals surface area contributed by atoms with Crippen molar-refractivity contribution in [2.24, 2.45) is 0 Å². The van der Waals surface area contributed by atoms with Gasteiger partial charge in [0.1, 0.15) is 5.75 Å². The van der Waals surface area contributed by atoms with Gasteiger partial charge in [0.15, 0.2) is 5.60 Å². The summed E-state index contributed by atoms with van der Waals surface area (Å²) in [6, 6.07) is 4.75. The van der Waals surface area contributed by atoms with Gasteiger partial charge in [-0.2, -0.15) is 13.2 Å². The van der Waals surface area contributed by atoms with Gasteiger partial charge in [0.2, 0.25) is 0 Å². The zero-order chi connectivity index (χ0) is 15.8. The van der Waals surface area contributed by atoms with Gasteiger partial charge in [0.05, 0.1) is 7.11 Å². The number of halogens is 4. The Balaban J connectivity index is 3.18. The zero-order valence-electron chi connectivity index (χ0n) is 11.8. The van der Waals surface area contributed by atoms with Gasteiger partial charge in [0.25, 0.3) is 0 Å². The van der Waals surface area contributed by atoms with E-state index >= 15 is 0 Å². The van der Waals surface area contributed by atoms with Crippen LogP contribution in [0.15, 0.2) is 18.2 Å². The molecule has 0 saturated heterocycles. The summed E-state index contributed by atoms with van der Waals surface area (Å²) in [5.41, 5.74) is -3.15. The third-order valence-electron chi connectivity index (χ3n) is 3.29. The molecule has 0 saturated carbocycles. The summed E-state index contributed by atoms with van der Waals surface area (Å²) >= 11 is 5.84. The van der Waals surface area contributed by atoms with Crippen LogP contribution in [-0.2, 0) is 5.41 Å². The van der Waals surface area contributed by atoms with Gasteiger partial charge in [-0.05, 0) is 36.5 Å². The summed E-state index contributed by atoms with van der Waals surface area (Å²) in [5, 5.41) is 10.1. The number of hydrogen-bond donors (Lipinski definition) is 1. The van der Waals surface area contributed by atoms with Crippen molar-refractivity contribution in [2.45, 2.75) is 44.4 Å². The molecule has 2 nitrogen and oxygen atoms in total. The second-order valence-corrected chi connectivity index (χ2v) is 6.11. The van der Waals surface area contributed by atoms with E-state index in [2.05, 4.69) is 0 Å². The van der Waals surface area contributed by atoms with E-state index in [0.717, 1.165) is 6.92 Å². The average Bonchev–Trinajstić information content (AvgIpc) is 2.25. The van der Waals surface area contributed by atoms with Crippen molar-refractivity contribution < 1.29 is 23.0 Å². The molecule has 0 heterocycles.